The van der Waals surface area contributed by atoms with E-state index in [1.54, 1.807) is 12.2 Å². The lowest BCUT2D eigenvalue weighted by atomic mass is 10.6. The number of rotatable bonds is 6. The van der Waals surface area contributed by atoms with Gasteiger partial charge in [0, 0.05) is 0 Å². The van der Waals surface area contributed by atoms with Crippen LogP contribution >= 0.6 is 11.8 Å². The minimum Gasteiger partial charge on any atom is -0.459 e. The van der Waals surface area contributed by atoms with Gasteiger partial charge in [-0.05, 0) is 6.92 Å². The van der Waals surface area contributed by atoms with Crippen molar-refractivity contribution in [2.45, 2.75) is 18.3 Å². The number of nitrogens with zero attached hydrogens (tertiary/aromatic N) is 2. The van der Waals surface area contributed by atoms with Crippen molar-refractivity contribution < 1.29 is 31.9 Å². The number of alkyl halides is 3. The Bertz CT molecular complexity index is 477. The first-order valence-electron chi connectivity index (χ1n) is 5.28. The summed E-state index contributed by atoms with van der Waals surface area (Å²) in [6.45, 7) is 0.308. The third-order valence-electron chi connectivity index (χ3n) is 1.67. The molecule has 11 heteroatoms. The van der Waals surface area contributed by atoms with Crippen LogP contribution in [-0.4, -0.2) is 47.2 Å². The van der Waals surface area contributed by atoms with Gasteiger partial charge in [0.15, 0.2) is 0 Å². The molecule has 20 heavy (non-hydrogen) atoms. The van der Waals surface area contributed by atoms with Crippen LogP contribution < -0.4 is 5.32 Å². The monoisotopic (exact) mass is 313 g/mol. The zero-order valence-electron chi connectivity index (χ0n) is 10.2. The molecule has 0 fully saturated rings. The zero-order chi connectivity index (χ0) is 15.2. The largest absolute Gasteiger partial charge is 0.459 e. The molecule has 1 rings (SSSR count). The predicted octanol–water partition coefficient (Wildman–Crippen LogP) is 1.02. The number of halogens is 3. The Balaban J connectivity index is 2.39. The van der Waals surface area contributed by atoms with Crippen LogP contribution in [0.5, 0.6) is 0 Å². The van der Waals surface area contributed by atoms with E-state index in [4.69, 9.17) is 4.42 Å². The number of hydrogen-bond acceptors (Lipinski definition) is 7. The molecule has 1 aromatic rings. The molecule has 1 amide bonds. The predicted molar refractivity (Wildman–Crippen MR) is 60.0 cm³/mol. The van der Waals surface area contributed by atoms with Gasteiger partial charge in [0.2, 0.25) is 5.91 Å². The van der Waals surface area contributed by atoms with Crippen LogP contribution in [0.4, 0.5) is 13.2 Å². The van der Waals surface area contributed by atoms with Gasteiger partial charge in [-0.25, -0.2) is 4.79 Å². The van der Waals surface area contributed by atoms with Crippen LogP contribution in [0, 0.1) is 0 Å². The molecule has 0 bridgehead atoms. The second-order valence-corrected chi connectivity index (χ2v) is 4.20. The van der Waals surface area contributed by atoms with Crippen LogP contribution in [0.3, 0.4) is 0 Å². The van der Waals surface area contributed by atoms with Gasteiger partial charge >= 0.3 is 18.0 Å². The zero-order valence-corrected chi connectivity index (χ0v) is 11.0. The summed E-state index contributed by atoms with van der Waals surface area (Å²) in [5, 5.41) is 8.38. The Morgan fingerprint density at radius 1 is 1.40 bits per heavy atom. The van der Waals surface area contributed by atoms with Gasteiger partial charge < -0.3 is 14.5 Å². The second kappa shape index (κ2) is 7.12. The first-order chi connectivity index (χ1) is 9.31. The maximum Gasteiger partial charge on any atom is 0.405 e. The molecule has 0 radical (unpaired) electrons. The van der Waals surface area contributed by atoms with Crippen LogP contribution in [0.25, 0.3) is 0 Å². The number of amides is 1. The highest BCUT2D eigenvalue weighted by Gasteiger charge is 2.27. The lowest BCUT2D eigenvalue weighted by molar-refractivity contribution is -0.136. The maximum absolute atomic E-state index is 11.8. The molecular formula is C9H10F3N3O4S. The molecule has 0 aliphatic carbocycles. The average Bonchev–Trinajstić information content (AvgIpc) is 2.82. The van der Waals surface area contributed by atoms with Crippen molar-refractivity contribution in [2.75, 3.05) is 18.9 Å². The third kappa shape index (κ3) is 5.91. The van der Waals surface area contributed by atoms with Crippen molar-refractivity contribution in [3.8, 4) is 0 Å². The quantitative estimate of drug-likeness (QED) is 0.619. The smallest absolute Gasteiger partial charge is 0.405 e. The topological polar surface area (TPSA) is 94.3 Å². The second-order valence-electron chi connectivity index (χ2n) is 3.27. The number of thioether (sulfide) groups is 1. The van der Waals surface area contributed by atoms with E-state index in [9.17, 15) is 22.8 Å². The number of carbonyl (C=O) groups is 2. The fourth-order valence-electron chi connectivity index (χ4n) is 0.921. The minimum atomic E-state index is -4.47. The molecule has 0 aromatic carbocycles. The summed E-state index contributed by atoms with van der Waals surface area (Å²) in [6, 6.07) is 0. The molecule has 1 N–H and O–H groups in total. The average molecular weight is 313 g/mol. The van der Waals surface area contributed by atoms with Crippen molar-refractivity contribution in [2.24, 2.45) is 0 Å². The lowest BCUT2D eigenvalue weighted by Gasteiger charge is -2.06. The van der Waals surface area contributed by atoms with E-state index in [0.717, 1.165) is 0 Å². The Hall–Kier alpha value is -1.78. The van der Waals surface area contributed by atoms with E-state index in [-0.39, 0.29) is 23.5 Å². The number of carbonyl (C=O) groups excluding carboxylic acids is 2. The molecule has 0 aliphatic rings. The standard InChI is InChI=1S/C9H10F3N3O4S/c1-2-18-7(17)6-14-15-8(19-6)20-3-5(16)13-4-9(10,11)12/h2-4H2,1H3,(H,13,16). The Kier molecular flexibility index (Phi) is 5.80. The van der Waals surface area contributed by atoms with E-state index >= 15 is 0 Å². The van der Waals surface area contributed by atoms with E-state index < -0.39 is 24.6 Å². The summed E-state index contributed by atoms with van der Waals surface area (Å²) in [5.74, 6) is -2.39. The van der Waals surface area contributed by atoms with Crippen molar-refractivity contribution in [1.29, 1.82) is 0 Å². The van der Waals surface area contributed by atoms with Gasteiger partial charge in [-0.15, -0.1) is 5.10 Å². The fraction of sp³-hybridized carbons (Fsp3) is 0.556. The Morgan fingerprint density at radius 3 is 2.70 bits per heavy atom. The fourth-order valence-corrected chi connectivity index (χ4v) is 1.51. The number of ether oxygens (including phenoxy) is 1. The van der Waals surface area contributed by atoms with Crippen molar-refractivity contribution in [3.05, 3.63) is 5.89 Å². The highest BCUT2D eigenvalue weighted by molar-refractivity contribution is 7.99. The van der Waals surface area contributed by atoms with Crippen LogP contribution in [0.1, 0.15) is 17.6 Å². The summed E-state index contributed by atoms with van der Waals surface area (Å²) in [4.78, 5) is 22.3. The summed E-state index contributed by atoms with van der Waals surface area (Å²) in [7, 11) is 0. The van der Waals surface area contributed by atoms with Crippen molar-refractivity contribution in [1.82, 2.24) is 15.5 Å². The lowest BCUT2D eigenvalue weighted by Crippen LogP contribution is -2.34. The molecule has 1 aromatic heterocycles. The van der Waals surface area contributed by atoms with Gasteiger partial charge in [-0.3, -0.25) is 4.79 Å². The summed E-state index contributed by atoms with van der Waals surface area (Å²) in [6.07, 6.45) is -4.47. The van der Waals surface area contributed by atoms with E-state index in [2.05, 4.69) is 14.9 Å². The number of nitrogens with one attached hydrogen (secondary N) is 1. The first kappa shape index (κ1) is 16.3. The molecule has 0 unspecified atom stereocenters. The molecule has 0 saturated carbocycles. The van der Waals surface area contributed by atoms with Crippen LogP contribution in [-0.2, 0) is 9.53 Å². The van der Waals surface area contributed by atoms with E-state index in [1.807, 2.05) is 0 Å². The van der Waals surface area contributed by atoms with E-state index in [1.165, 1.54) is 0 Å². The number of aromatic nitrogens is 2. The highest BCUT2D eigenvalue weighted by atomic mass is 32.2. The highest BCUT2D eigenvalue weighted by Crippen LogP contribution is 2.17. The molecule has 0 saturated heterocycles. The molecular weight excluding hydrogens is 303 g/mol. The van der Waals surface area contributed by atoms with Crippen LogP contribution in [0.2, 0.25) is 0 Å². The van der Waals surface area contributed by atoms with Gasteiger partial charge in [0.05, 0.1) is 12.4 Å². The van der Waals surface area contributed by atoms with Gasteiger partial charge in [-0.2, -0.15) is 13.2 Å². The first-order valence-corrected chi connectivity index (χ1v) is 6.27. The van der Waals surface area contributed by atoms with Gasteiger partial charge in [0.1, 0.15) is 6.54 Å². The van der Waals surface area contributed by atoms with Gasteiger partial charge in [-0.1, -0.05) is 16.9 Å². The molecule has 112 valence electrons. The van der Waals surface area contributed by atoms with Crippen LogP contribution in [0.15, 0.2) is 9.64 Å². The summed E-state index contributed by atoms with van der Waals surface area (Å²) < 4.78 is 44.9. The number of hydrogen-bond donors (Lipinski definition) is 1. The van der Waals surface area contributed by atoms with Gasteiger partial charge in [0.25, 0.3) is 5.22 Å². The minimum absolute atomic E-state index is 0.116. The number of esters is 1. The maximum atomic E-state index is 11.8. The molecule has 0 spiro atoms. The SMILES string of the molecule is CCOC(=O)c1nnc(SCC(=O)NCC(F)(F)F)o1. The summed E-state index contributed by atoms with van der Waals surface area (Å²) in [5.41, 5.74) is 0. The Labute approximate surface area is 115 Å². The van der Waals surface area contributed by atoms with Crippen molar-refractivity contribution >= 4 is 23.6 Å². The Morgan fingerprint density at radius 2 is 2.10 bits per heavy atom. The molecule has 1 heterocycles. The third-order valence-corrected chi connectivity index (χ3v) is 2.49. The summed E-state index contributed by atoms with van der Waals surface area (Å²) >= 11 is 0.708. The van der Waals surface area contributed by atoms with E-state index in [0.29, 0.717) is 11.8 Å². The normalized spacial score (nSPS) is 11.2. The molecule has 0 atom stereocenters. The molecule has 7 nitrogen and oxygen atoms in total. The molecule has 0 aliphatic heterocycles. The van der Waals surface area contributed by atoms with Crippen molar-refractivity contribution in [3.63, 3.8) is 0 Å².